The summed E-state index contributed by atoms with van der Waals surface area (Å²) < 4.78 is 18.4. The molecule has 0 fully saturated rings. The fourth-order valence-corrected chi connectivity index (χ4v) is 2.96. The van der Waals surface area contributed by atoms with Crippen molar-refractivity contribution in [2.75, 3.05) is 7.11 Å². The third-order valence-electron chi connectivity index (χ3n) is 4.14. The Kier molecular flexibility index (Phi) is 4.27. The maximum atomic E-state index is 13.0. The van der Waals surface area contributed by atoms with E-state index in [4.69, 9.17) is 10.5 Å². The Bertz CT molecular complexity index is 969. The molecule has 3 N–H and O–H groups in total. The van der Waals surface area contributed by atoms with E-state index in [9.17, 15) is 14.3 Å². The number of rotatable bonds is 4. The van der Waals surface area contributed by atoms with Crippen LogP contribution in [0.2, 0.25) is 0 Å². The van der Waals surface area contributed by atoms with Crippen molar-refractivity contribution in [3.05, 3.63) is 64.6 Å². The Morgan fingerprint density at radius 3 is 2.56 bits per heavy atom. The molecule has 2 aromatic carbocycles. The SMILES string of the molecule is COc1c(C)c(C(N)=O)c(O)c2cc(Cc3ccc(F)cc3)cnc12. The summed E-state index contributed by atoms with van der Waals surface area (Å²) in [6.07, 6.45) is 2.17. The van der Waals surface area contributed by atoms with E-state index in [2.05, 4.69) is 4.98 Å². The van der Waals surface area contributed by atoms with Crippen LogP contribution in [0.1, 0.15) is 27.0 Å². The number of hydrogen-bond donors (Lipinski definition) is 2. The number of aromatic nitrogens is 1. The molecule has 0 aliphatic heterocycles. The van der Waals surface area contributed by atoms with Crippen molar-refractivity contribution in [3.8, 4) is 11.5 Å². The van der Waals surface area contributed by atoms with Gasteiger partial charge in [0, 0.05) is 17.1 Å². The van der Waals surface area contributed by atoms with Crippen LogP contribution in [0.5, 0.6) is 11.5 Å². The van der Waals surface area contributed by atoms with Gasteiger partial charge in [0.25, 0.3) is 5.91 Å². The van der Waals surface area contributed by atoms with Gasteiger partial charge < -0.3 is 15.6 Å². The fourth-order valence-electron chi connectivity index (χ4n) is 2.96. The van der Waals surface area contributed by atoms with Crippen molar-refractivity contribution in [1.29, 1.82) is 0 Å². The van der Waals surface area contributed by atoms with Gasteiger partial charge in [-0.25, -0.2) is 4.39 Å². The Morgan fingerprint density at radius 1 is 1.28 bits per heavy atom. The zero-order chi connectivity index (χ0) is 18.1. The highest BCUT2D eigenvalue weighted by Gasteiger charge is 2.21. The normalized spacial score (nSPS) is 10.8. The van der Waals surface area contributed by atoms with Gasteiger partial charge in [0.05, 0.1) is 12.7 Å². The molecule has 5 nitrogen and oxygen atoms in total. The predicted octanol–water partition coefficient (Wildman–Crippen LogP) is 3.09. The molecule has 0 atom stereocenters. The quantitative estimate of drug-likeness (QED) is 0.764. The lowest BCUT2D eigenvalue weighted by atomic mass is 9.98. The number of aromatic hydroxyl groups is 1. The van der Waals surface area contributed by atoms with Gasteiger partial charge >= 0.3 is 0 Å². The van der Waals surface area contributed by atoms with Gasteiger partial charge in [-0.3, -0.25) is 9.78 Å². The number of primary amides is 1. The number of halogens is 1. The smallest absolute Gasteiger partial charge is 0.252 e. The van der Waals surface area contributed by atoms with Crippen LogP contribution < -0.4 is 10.5 Å². The summed E-state index contributed by atoms with van der Waals surface area (Å²) in [7, 11) is 1.47. The molecular weight excluding hydrogens is 323 g/mol. The number of nitrogens with zero attached hydrogens (tertiary/aromatic N) is 1. The highest BCUT2D eigenvalue weighted by Crippen LogP contribution is 2.39. The average Bonchev–Trinajstić information content (AvgIpc) is 2.57. The molecule has 0 saturated heterocycles. The number of fused-ring (bicyclic) bond motifs is 1. The first-order valence-corrected chi connectivity index (χ1v) is 7.64. The number of nitrogens with two attached hydrogens (primary N) is 1. The van der Waals surface area contributed by atoms with Gasteiger partial charge in [0.1, 0.15) is 22.8 Å². The van der Waals surface area contributed by atoms with Crippen molar-refractivity contribution >= 4 is 16.8 Å². The Balaban J connectivity index is 2.16. The summed E-state index contributed by atoms with van der Waals surface area (Å²) in [6.45, 7) is 1.65. The number of benzene rings is 2. The first kappa shape index (κ1) is 16.7. The van der Waals surface area contributed by atoms with Crippen LogP contribution in [-0.4, -0.2) is 23.1 Å². The van der Waals surface area contributed by atoms with Crippen LogP contribution in [-0.2, 0) is 6.42 Å². The molecule has 0 unspecified atom stereocenters. The van der Waals surface area contributed by atoms with Crippen LogP contribution in [0.4, 0.5) is 4.39 Å². The second kappa shape index (κ2) is 6.39. The van der Waals surface area contributed by atoms with Gasteiger partial charge in [-0.1, -0.05) is 12.1 Å². The maximum Gasteiger partial charge on any atom is 0.252 e. The van der Waals surface area contributed by atoms with Crippen LogP contribution in [0.25, 0.3) is 10.9 Å². The molecule has 3 aromatic rings. The van der Waals surface area contributed by atoms with Gasteiger partial charge in [-0.15, -0.1) is 0 Å². The lowest BCUT2D eigenvalue weighted by Crippen LogP contribution is -2.14. The largest absolute Gasteiger partial charge is 0.506 e. The molecule has 0 aliphatic rings. The summed E-state index contributed by atoms with van der Waals surface area (Å²) in [6, 6.07) is 7.88. The number of hydrogen-bond acceptors (Lipinski definition) is 4. The number of phenols is 1. The summed E-state index contributed by atoms with van der Waals surface area (Å²) in [5.74, 6) is -0.854. The summed E-state index contributed by atoms with van der Waals surface area (Å²) in [5, 5.41) is 10.9. The van der Waals surface area contributed by atoms with Crippen molar-refractivity contribution < 1.29 is 19.0 Å². The minimum atomic E-state index is -0.737. The van der Waals surface area contributed by atoms with E-state index in [-0.39, 0.29) is 17.1 Å². The monoisotopic (exact) mass is 340 g/mol. The highest BCUT2D eigenvalue weighted by molar-refractivity contribution is 6.06. The van der Waals surface area contributed by atoms with Crippen LogP contribution in [0, 0.1) is 12.7 Å². The number of pyridine rings is 1. The molecule has 1 amide bonds. The molecule has 0 saturated carbocycles. The van der Waals surface area contributed by atoms with E-state index in [1.54, 1.807) is 31.3 Å². The lowest BCUT2D eigenvalue weighted by molar-refractivity contribution is 0.0997. The molecule has 1 aromatic heterocycles. The van der Waals surface area contributed by atoms with Gasteiger partial charge in [-0.05, 0) is 42.7 Å². The van der Waals surface area contributed by atoms with Crippen molar-refractivity contribution in [2.24, 2.45) is 5.73 Å². The first-order valence-electron chi connectivity index (χ1n) is 7.64. The molecule has 25 heavy (non-hydrogen) atoms. The van der Waals surface area contributed by atoms with Crippen molar-refractivity contribution in [2.45, 2.75) is 13.3 Å². The third-order valence-corrected chi connectivity index (χ3v) is 4.14. The number of ether oxygens (including phenoxy) is 1. The summed E-state index contributed by atoms with van der Waals surface area (Å²) in [5.41, 5.74) is 8.01. The van der Waals surface area contributed by atoms with Crippen LogP contribution in [0.3, 0.4) is 0 Å². The standard InChI is InChI=1S/C19H17FN2O3/c1-10-15(19(21)24)17(23)14-8-12(9-22-16(14)18(10)25-2)7-11-3-5-13(20)6-4-11/h3-6,8-9,23H,7H2,1-2H3,(H2,21,24). The highest BCUT2D eigenvalue weighted by atomic mass is 19.1. The topological polar surface area (TPSA) is 85.4 Å². The zero-order valence-corrected chi connectivity index (χ0v) is 13.8. The molecule has 1 heterocycles. The lowest BCUT2D eigenvalue weighted by Gasteiger charge is -2.15. The van der Waals surface area contributed by atoms with Gasteiger partial charge in [-0.2, -0.15) is 0 Å². The average molecular weight is 340 g/mol. The summed E-state index contributed by atoms with van der Waals surface area (Å²) in [4.78, 5) is 16.1. The molecular formula is C19H17FN2O3. The number of amides is 1. The molecule has 0 spiro atoms. The van der Waals surface area contributed by atoms with Crippen molar-refractivity contribution in [3.63, 3.8) is 0 Å². The maximum absolute atomic E-state index is 13.0. The molecule has 3 rings (SSSR count). The van der Waals surface area contributed by atoms with Crippen LogP contribution in [0.15, 0.2) is 36.5 Å². The second-order valence-electron chi connectivity index (χ2n) is 5.79. The molecule has 0 radical (unpaired) electrons. The third kappa shape index (κ3) is 2.98. The van der Waals surface area contributed by atoms with E-state index in [0.717, 1.165) is 11.1 Å². The second-order valence-corrected chi connectivity index (χ2v) is 5.79. The Hall–Kier alpha value is -3.15. The predicted molar refractivity (Wildman–Crippen MR) is 92.4 cm³/mol. The van der Waals surface area contributed by atoms with E-state index in [1.165, 1.54) is 19.2 Å². The zero-order valence-electron chi connectivity index (χ0n) is 13.8. The first-order chi connectivity index (χ1) is 11.9. The van der Waals surface area contributed by atoms with E-state index in [0.29, 0.717) is 28.6 Å². The van der Waals surface area contributed by atoms with E-state index in [1.807, 2.05) is 0 Å². The van der Waals surface area contributed by atoms with Gasteiger partial charge in [0.2, 0.25) is 0 Å². The van der Waals surface area contributed by atoms with E-state index < -0.39 is 5.91 Å². The van der Waals surface area contributed by atoms with Gasteiger partial charge in [0.15, 0.2) is 0 Å². The summed E-state index contributed by atoms with van der Waals surface area (Å²) >= 11 is 0. The number of methoxy groups -OCH3 is 1. The Labute approximate surface area is 143 Å². The van der Waals surface area contributed by atoms with Crippen LogP contribution >= 0.6 is 0 Å². The fraction of sp³-hybridized carbons (Fsp3) is 0.158. The number of carbonyl (C=O) groups is 1. The van der Waals surface area contributed by atoms with E-state index >= 15 is 0 Å². The van der Waals surface area contributed by atoms with Crippen molar-refractivity contribution in [1.82, 2.24) is 4.98 Å². The molecule has 0 bridgehead atoms. The molecule has 6 heteroatoms. The molecule has 0 aliphatic carbocycles. The molecule has 128 valence electrons. The number of carbonyl (C=O) groups excluding carboxylic acids is 1. The minimum Gasteiger partial charge on any atom is -0.506 e. The Morgan fingerprint density at radius 2 is 1.96 bits per heavy atom. The minimum absolute atomic E-state index is 0.0186.